The quantitative estimate of drug-likeness (QED) is 0.635. The van der Waals surface area contributed by atoms with Gasteiger partial charge in [0.05, 0.1) is 11.3 Å². The number of fused-ring (bicyclic) bond motifs is 1. The maximum atomic E-state index is 11.8. The molecule has 0 aromatic heterocycles. The highest BCUT2D eigenvalue weighted by molar-refractivity contribution is 7.90. The van der Waals surface area contributed by atoms with Crippen molar-refractivity contribution in [2.45, 2.75) is 25.2 Å². The molecule has 0 radical (unpaired) electrons. The molecule has 3 aromatic carbocycles. The Kier molecular flexibility index (Phi) is 5.37. The van der Waals surface area contributed by atoms with Crippen molar-refractivity contribution in [3.8, 4) is 11.5 Å². The first-order valence-corrected chi connectivity index (χ1v) is 10.8. The lowest BCUT2D eigenvalue weighted by molar-refractivity contribution is -0.136. The molecule has 0 unspecified atom stereocenters. The van der Waals surface area contributed by atoms with Gasteiger partial charge in [0.1, 0.15) is 11.5 Å². The summed E-state index contributed by atoms with van der Waals surface area (Å²) in [5.74, 6) is 0.0280. The minimum absolute atomic E-state index is 0.132. The normalized spacial score (nSPS) is 11.6. The second kappa shape index (κ2) is 7.45. The van der Waals surface area contributed by atoms with Crippen LogP contribution < -0.4 is 4.74 Å². The van der Waals surface area contributed by atoms with E-state index in [-0.39, 0.29) is 11.3 Å². The van der Waals surface area contributed by atoms with Gasteiger partial charge >= 0.3 is 5.97 Å². The highest BCUT2D eigenvalue weighted by Crippen LogP contribution is 2.37. The smallest absolute Gasteiger partial charge is 0.307 e. The van der Waals surface area contributed by atoms with Crippen molar-refractivity contribution >= 4 is 38.2 Å². The minimum Gasteiger partial charge on any atom is -0.481 e. The molecule has 28 heavy (non-hydrogen) atoms. The average molecular weight is 419 g/mol. The van der Waals surface area contributed by atoms with Crippen LogP contribution in [0.5, 0.6) is 11.5 Å². The highest BCUT2D eigenvalue weighted by Gasteiger charge is 2.16. The zero-order valence-electron chi connectivity index (χ0n) is 15.6. The van der Waals surface area contributed by atoms with Crippen LogP contribution in [0.1, 0.15) is 16.7 Å². The SMILES string of the molecule is Cc1cc(Oc2c(C)c(CC(=O)O)cc3ccc(Cl)cc23)ccc1S(C)(=O)=O. The molecule has 5 nitrogen and oxygen atoms in total. The van der Waals surface area contributed by atoms with E-state index in [4.69, 9.17) is 16.3 Å². The Balaban J connectivity index is 2.16. The van der Waals surface area contributed by atoms with Gasteiger partial charge in [-0.15, -0.1) is 0 Å². The van der Waals surface area contributed by atoms with Gasteiger partial charge in [0, 0.05) is 16.7 Å². The number of hydrogen-bond donors (Lipinski definition) is 1. The monoisotopic (exact) mass is 418 g/mol. The van der Waals surface area contributed by atoms with Gasteiger partial charge in [-0.3, -0.25) is 4.79 Å². The Bertz CT molecular complexity index is 1200. The van der Waals surface area contributed by atoms with Crippen molar-refractivity contribution in [1.82, 2.24) is 0 Å². The molecule has 0 aliphatic carbocycles. The number of carbonyl (C=O) groups is 1. The van der Waals surface area contributed by atoms with E-state index in [2.05, 4.69) is 0 Å². The van der Waals surface area contributed by atoms with Crippen LogP contribution in [0.25, 0.3) is 10.8 Å². The molecular weight excluding hydrogens is 400 g/mol. The van der Waals surface area contributed by atoms with Crippen molar-refractivity contribution in [1.29, 1.82) is 0 Å². The average Bonchev–Trinajstić information content (AvgIpc) is 2.57. The summed E-state index contributed by atoms with van der Waals surface area (Å²) in [6, 6.07) is 11.9. The van der Waals surface area contributed by atoms with Crippen LogP contribution in [-0.2, 0) is 21.1 Å². The van der Waals surface area contributed by atoms with Crippen LogP contribution in [0.2, 0.25) is 5.02 Å². The van der Waals surface area contributed by atoms with E-state index in [9.17, 15) is 18.3 Å². The number of rotatable bonds is 5. The molecule has 0 saturated heterocycles. The maximum absolute atomic E-state index is 11.8. The van der Waals surface area contributed by atoms with Crippen LogP contribution in [0.15, 0.2) is 47.4 Å². The van der Waals surface area contributed by atoms with Crippen LogP contribution in [0.4, 0.5) is 0 Å². The number of carboxylic acid groups (broad SMARTS) is 1. The van der Waals surface area contributed by atoms with Crippen LogP contribution in [-0.4, -0.2) is 25.7 Å². The Morgan fingerprint density at radius 1 is 1.11 bits per heavy atom. The second-order valence-corrected chi connectivity index (χ2v) is 9.15. The lowest BCUT2D eigenvalue weighted by Crippen LogP contribution is -2.04. The van der Waals surface area contributed by atoms with Gasteiger partial charge < -0.3 is 9.84 Å². The number of sulfone groups is 1. The Labute approximate surface area is 168 Å². The maximum Gasteiger partial charge on any atom is 0.307 e. The fourth-order valence-electron chi connectivity index (χ4n) is 3.19. The van der Waals surface area contributed by atoms with E-state index in [1.165, 1.54) is 6.07 Å². The number of ether oxygens (including phenoxy) is 1. The highest BCUT2D eigenvalue weighted by atomic mass is 35.5. The number of hydrogen-bond acceptors (Lipinski definition) is 4. The Hall–Kier alpha value is -2.57. The van der Waals surface area contributed by atoms with E-state index in [1.807, 2.05) is 12.1 Å². The third-order valence-electron chi connectivity index (χ3n) is 4.52. The van der Waals surface area contributed by atoms with Gasteiger partial charge in [-0.05, 0) is 66.3 Å². The third kappa shape index (κ3) is 4.13. The summed E-state index contributed by atoms with van der Waals surface area (Å²) in [5.41, 5.74) is 1.91. The van der Waals surface area contributed by atoms with Gasteiger partial charge in [0.15, 0.2) is 9.84 Å². The molecular formula is C21H19ClO5S. The second-order valence-electron chi connectivity index (χ2n) is 6.73. The van der Waals surface area contributed by atoms with Crippen molar-refractivity contribution in [2.24, 2.45) is 0 Å². The Morgan fingerprint density at radius 2 is 1.82 bits per heavy atom. The first-order valence-electron chi connectivity index (χ1n) is 8.48. The summed E-state index contributed by atoms with van der Waals surface area (Å²) in [6.07, 6.45) is 1.03. The minimum atomic E-state index is -3.33. The van der Waals surface area contributed by atoms with E-state index in [0.717, 1.165) is 17.0 Å². The predicted octanol–water partition coefficient (Wildman–Crippen LogP) is 4.93. The molecule has 7 heteroatoms. The van der Waals surface area contributed by atoms with Gasteiger partial charge in [-0.1, -0.05) is 23.7 Å². The van der Waals surface area contributed by atoms with Gasteiger partial charge in [0.2, 0.25) is 0 Å². The molecule has 0 bridgehead atoms. The lowest BCUT2D eigenvalue weighted by Gasteiger charge is -2.16. The van der Waals surface area contributed by atoms with Crippen molar-refractivity contribution in [3.05, 3.63) is 64.2 Å². The van der Waals surface area contributed by atoms with Crippen molar-refractivity contribution < 1.29 is 23.1 Å². The summed E-state index contributed by atoms with van der Waals surface area (Å²) in [6.45, 7) is 3.50. The summed E-state index contributed by atoms with van der Waals surface area (Å²) in [4.78, 5) is 11.5. The topological polar surface area (TPSA) is 80.7 Å². The fourth-order valence-corrected chi connectivity index (χ4v) is 4.32. The fraction of sp³-hybridized carbons (Fsp3) is 0.190. The van der Waals surface area contributed by atoms with Crippen molar-refractivity contribution in [3.63, 3.8) is 0 Å². The number of aliphatic carboxylic acids is 1. The van der Waals surface area contributed by atoms with E-state index >= 15 is 0 Å². The predicted molar refractivity (Wildman–Crippen MR) is 109 cm³/mol. The van der Waals surface area contributed by atoms with Crippen molar-refractivity contribution in [2.75, 3.05) is 6.26 Å². The van der Waals surface area contributed by atoms with Gasteiger partial charge in [0.25, 0.3) is 0 Å². The molecule has 0 saturated carbocycles. The summed E-state index contributed by atoms with van der Waals surface area (Å²) in [5, 5.41) is 11.3. The molecule has 0 heterocycles. The molecule has 1 N–H and O–H groups in total. The molecule has 146 valence electrons. The molecule has 3 aromatic rings. The molecule has 0 spiro atoms. The van der Waals surface area contributed by atoms with Crippen LogP contribution in [0, 0.1) is 13.8 Å². The van der Waals surface area contributed by atoms with E-state index in [1.54, 1.807) is 38.1 Å². The zero-order chi connectivity index (χ0) is 20.6. The molecule has 0 fully saturated rings. The lowest BCUT2D eigenvalue weighted by atomic mass is 9.98. The summed E-state index contributed by atoms with van der Waals surface area (Å²) < 4.78 is 29.8. The first-order chi connectivity index (χ1) is 13.1. The van der Waals surface area contributed by atoms with Gasteiger partial charge in [-0.2, -0.15) is 0 Å². The molecule has 0 amide bonds. The first kappa shape index (κ1) is 20.2. The largest absolute Gasteiger partial charge is 0.481 e. The molecule has 0 aliphatic heterocycles. The van der Waals surface area contributed by atoms with E-state index in [0.29, 0.717) is 33.2 Å². The van der Waals surface area contributed by atoms with E-state index < -0.39 is 15.8 Å². The Morgan fingerprint density at radius 3 is 2.43 bits per heavy atom. The van der Waals surface area contributed by atoms with Gasteiger partial charge in [-0.25, -0.2) is 8.42 Å². The molecule has 3 rings (SSSR count). The summed E-state index contributed by atoms with van der Waals surface area (Å²) in [7, 11) is -3.33. The number of aryl methyl sites for hydroxylation is 1. The zero-order valence-corrected chi connectivity index (χ0v) is 17.2. The van der Waals surface area contributed by atoms with Crippen LogP contribution in [0.3, 0.4) is 0 Å². The molecule has 0 atom stereocenters. The molecule has 0 aliphatic rings. The van der Waals surface area contributed by atoms with Crippen LogP contribution >= 0.6 is 11.6 Å². The third-order valence-corrected chi connectivity index (χ3v) is 6.01. The summed E-state index contributed by atoms with van der Waals surface area (Å²) >= 11 is 6.15. The number of carboxylic acids is 1. The number of benzene rings is 3. The number of halogens is 1. The standard InChI is InChI=1S/C21H19ClO5S/c1-12-8-17(6-7-19(12)28(3,25)26)27-21-13(2)15(10-20(23)24)9-14-4-5-16(22)11-18(14)21/h4-9,11H,10H2,1-3H3,(H,23,24).